The molecule has 2 N–H and O–H groups in total. The van der Waals surface area contributed by atoms with Gasteiger partial charge in [-0.15, -0.1) is 11.3 Å². The first-order chi connectivity index (χ1) is 7.24. The van der Waals surface area contributed by atoms with Crippen LogP contribution in [0.4, 0.5) is 5.82 Å². The summed E-state index contributed by atoms with van der Waals surface area (Å²) in [4.78, 5) is 7.00. The molecule has 0 amide bonds. The monoisotopic (exact) mass is 223 g/mol. The molecular weight excluding hydrogens is 206 g/mol. The summed E-state index contributed by atoms with van der Waals surface area (Å²) in [5.41, 5.74) is 5.69. The van der Waals surface area contributed by atoms with Gasteiger partial charge in [-0.1, -0.05) is 0 Å². The summed E-state index contributed by atoms with van der Waals surface area (Å²) in [6, 6.07) is 1.58. The molecule has 0 radical (unpaired) electrons. The molecule has 2 aliphatic heterocycles. The molecule has 15 heavy (non-hydrogen) atoms. The summed E-state index contributed by atoms with van der Waals surface area (Å²) < 4.78 is 0. The molecule has 0 spiro atoms. The van der Waals surface area contributed by atoms with Crippen LogP contribution in [0.1, 0.15) is 36.6 Å². The molecule has 3 rings (SSSR count). The molecule has 82 valence electrons. The van der Waals surface area contributed by atoms with Crippen molar-refractivity contribution in [2.24, 2.45) is 0 Å². The molecule has 2 aliphatic rings. The van der Waals surface area contributed by atoms with Crippen LogP contribution < -0.4 is 5.73 Å². The normalized spacial score (nSPS) is 35.9. The first-order valence-corrected chi connectivity index (χ1v) is 6.55. The Bertz CT molecular complexity index is 348. The second-order valence-corrected chi connectivity index (χ2v) is 5.72. The smallest absolute Gasteiger partial charge is 0.134 e. The standard InChI is InChI=1S/C11H17N3S/c1-14-8-2-3-9(14)5-7(4-8)11-13-10(12)6-15-11/h6-9H,2-5,12H2,1H3. The number of aromatic nitrogens is 1. The Kier molecular flexibility index (Phi) is 2.21. The first kappa shape index (κ1) is 9.60. The second-order valence-electron chi connectivity index (χ2n) is 4.83. The van der Waals surface area contributed by atoms with Crippen molar-refractivity contribution in [2.75, 3.05) is 12.8 Å². The lowest BCUT2D eigenvalue weighted by molar-refractivity contribution is 0.161. The van der Waals surface area contributed by atoms with E-state index in [2.05, 4.69) is 16.9 Å². The largest absolute Gasteiger partial charge is 0.383 e. The van der Waals surface area contributed by atoms with Crippen LogP contribution in [0.15, 0.2) is 5.38 Å². The maximum Gasteiger partial charge on any atom is 0.134 e. The van der Waals surface area contributed by atoms with Crippen LogP contribution in [0.25, 0.3) is 0 Å². The lowest BCUT2D eigenvalue weighted by Gasteiger charge is -2.35. The molecule has 2 unspecified atom stereocenters. The number of nitrogen functional groups attached to an aromatic ring is 1. The van der Waals surface area contributed by atoms with Crippen molar-refractivity contribution in [1.29, 1.82) is 0 Å². The van der Waals surface area contributed by atoms with E-state index in [1.165, 1.54) is 30.7 Å². The molecule has 0 saturated carbocycles. The second kappa shape index (κ2) is 3.46. The van der Waals surface area contributed by atoms with E-state index in [1.54, 1.807) is 11.3 Å². The molecule has 3 nitrogen and oxygen atoms in total. The van der Waals surface area contributed by atoms with Gasteiger partial charge in [0.1, 0.15) is 5.82 Å². The Morgan fingerprint density at radius 2 is 2.07 bits per heavy atom. The van der Waals surface area contributed by atoms with E-state index in [1.807, 2.05) is 5.38 Å². The molecule has 2 bridgehead atoms. The van der Waals surface area contributed by atoms with E-state index in [0.717, 1.165) is 12.1 Å². The Labute approximate surface area is 94.3 Å². The minimum atomic E-state index is 0.668. The molecule has 2 saturated heterocycles. The molecule has 2 atom stereocenters. The Hall–Kier alpha value is -0.610. The van der Waals surface area contributed by atoms with Crippen molar-refractivity contribution >= 4 is 17.2 Å². The predicted molar refractivity (Wildman–Crippen MR) is 63.1 cm³/mol. The van der Waals surface area contributed by atoms with Crippen LogP contribution >= 0.6 is 11.3 Å². The van der Waals surface area contributed by atoms with Crippen LogP contribution in [0.5, 0.6) is 0 Å². The van der Waals surface area contributed by atoms with E-state index < -0.39 is 0 Å². The number of rotatable bonds is 1. The maximum atomic E-state index is 5.69. The molecule has 4 heteroatoms. The fourth-order valence-corrected chi connectivity index (χ4v) is 3.94. The number of hydrogen-bond acceptors (Lipinski definition) is 4. The zero-order valence-electron chi connectivity index (χ0n) is 9.02. The summed E-state index contributed by atoms with van der Waals surface area (Å²) in [6.45, 7) is 0. The van der Waals surface area contributed by atoms with E-state index >= 15 is 0 Å². The van der Waals surface area contributed by atoms with E-state index in [-0.39, 0.29) is 0 Å². The van der Waals surface area contributed by atoms with Gasteiger partial charge < -0.3 is 10.6 Å². The van der Waals surface area contributed by atoms with Gasteiger partial charge in [-0.3, -0.25) is 0 Å². The Morgan fingerprint density at radius 1 is 1.40 bits per heavy atom. The topological polar surface area (TPSA) is 42.2 Å². The summed E-state index contributed by atoms with van der Waals surface area (Å²) in [5.74, 6) is 1.36. The third-order valence-electron chi connectivity index (χ3n) is 3.99. The zero-order valence-corrected chi connectivity index (χ0v) is 9.83. The highest BCUT2D eigenvalue weighted by molar-refractivity contribution is 7.10. The van der Waals surface area contributed by atoms with E-state index in [0.29, 0.717) is 11.7 Å². The third kappa shape index (κ3) is 1.56. The molecule has 0 aliphatic carbocycles. The molecule has 1 aromatic rings. The number of thiazole rings is 1. The van der Waals surface area contributed by atoms with Gasteiger partial charge in [0.15, 0.2) is 0 Å². The van der Waals surface area contributed by atoms with Crippen molar-refractivity contribution < 1.29 is 0 Å². The molecule has 0 aromatic carbocycles. The summed E-state index contributed by atoms with van der Waals surface area (Å²) >= 11 is 1.73. The van der Waals surface area contributed by atoms with Gasteiger partial charge in [-0.05, 0) is 32.7 Å². The van der Waals surface area contributed by atoms with Crippen molar-refractivity contribution in [1.82, 2.24) is 9.88 Å². The van der Waals surface area contributed by atoms with E-state index in [9.17, 15) is 0 Å². The van der Waals surface area contributed by atoms with Gasteiger partial charge in [0.25, 0.3) is 0 Å². The van der Waals surface area contributed by atoms with Gasteiger partial charge in [0.05, 0.1) is 5.01 Å². The van der Waals surface area contributed by atoms with Crippen LogP contribution in [-0.2, 0) is 0 Å². The number of nitrogens with two attached hydrogens (primary N) is 1. The van der Waals surface area contributed by atoms with Crippen LogP contribution in [0.2, 0.25) is 0 Å². The molecule has 3 heterocycles. The lowest BCUT2D eigenvalue weighted by Crippen LogP contribution is -2.39. The number of nitrogens with zero attached hydrogens (tertiary/aromatic N) is 2. The first-order valence-electron chi connectivity index (χ1n) is 5.67. The highest BCUT2D eigenvalue weighted by Gasteiger charge is 2.39. The van der Waals surface area contributed by atoms with Crippen molar-refractivity contribution in [3.05, 3.63) is 10.4 Å². The third-order valence-corrected chi connectivity index (χ3v) is 5.01. The molecule has 1 aromatic heterocycles. The van der Waals surface area contributed by atoms with E-state index in [4.69, 9.17) is 5.73 Å². The van der Waals surface area contributed by atoms with Gasteiger partial charge in [0.2, 0.25) is 0 Å². The lowest BCUT2D eigenvalue weighted by atomic mass is 9.92. The molecule has 2 fully saturated rings. The minimum absolute atomic E-state index is 0.668. The fourth-order valence-electron chi connectivity index (χ4n) is 3.10. The van der Waals surface area contributed by atoms with Crippen molar-refractivity contribution in [2.45, 2.75) is 43.7 Å². The summed E-state index contributed by atoms with van der Waals surface area (Å²) in [6.07, 6.45) is 5.30. The fraction of sp³-hybridized carbons (Fsp3) is 0.727. The highest BCUT2D eigenvalue weighted by Crippen LogP contribution is 2.42. The highest BCUT2D eigenvalue weighted by atomic mass is 32.1. The van der Waals surface area contributed by atoms with Gasteiger partial charge in [0, 0.05) is 23.4 Å². The number of piperidine rings is 1. The summed E-state index contributed by atoms with van der Waals surface area (Å²) in [5, 5.41) is 3.23. The number of hydrogen-bond donors (Lipinski definition) is 1. The Morgan fingerprint density at radius 3 is 2.60 bits per heavy atom. The van der Waals surface area contributed by atoms with Gasteiger partial charge in [-0.2, -0.15) is 0 Å². The van der Waals surface area contributed by atoms with Crippen molar-refractivity contribution in [3.8, 4) is 0 Å². The summed E-state index contributed by atoms with van der Waals surface area (Å²) in [7, 11) is 2.27. The number of anilines is 1. The SMILES string of the molecule is CN1C2CCC1CC(c1nc(N)cs1)C2. The van der Waals surface area contributed by atoms with Gasteiger partial charge in [-0.25, -0.2) is 4.98 Å². The van der Waals surface area contributed by atoms with Crippen molar-refractivity contribution in [3.63, 3.8) is 0 Å². The average Bonchev–Trinajstić information content (AvgIpc) is 2.70. The van der Waals surface area contributed by atoms with Crippen LogP contribution in [0, 0.1) is 0 Å². The van der Waals surface area contributed by atoms with Crippen LogP contribution in [0.3, 0.4) is 0 Å². The Balaban J connectivity index is 1.80. The van der Waals surface area contributed by atoms with Crippen LogP contribution in [-0.4, -0.2) is 29.0 Å². The van der Waals surface area contributed by atoms with Gasteiger partial charge >= 0.3 is 0 Å². The minimum Gasteiger partial charge on any atom is -0.383 e. The molecular formula is C11H17N3S. The predicted octanol–water partition coefficient (Wildman–Crippen LogP) is 2.07. The maximum absolute atomic E-state index is 5.69. The average molecular weight is 223 g/mol. The number of fused-ring (bicyclic) bond motifs is 2. The zero-order chi connectivity index (χ0) is 10.4. The quantitative estimate of drug-likeness (QED) is 0.792.